The molecular weight excluding hydrogens is 124 g/mol. The van der Waals surface area contributed by atoms with Gasteiger partial charge >= 0.3 is 0 Å². The van der Waals surface area contributed by atoms with E-state index in [9.17, 15) is 0 Å². The molecule has 10 heavy (non-hydrogen) atoms. The van der Waals surface area contributed by atoms with Gasteiger partial charge in [0.25, 0.3) is 0 Å². The lowest BCUT2D eigenvalue weighted by Gasteiger charge is -2.15. The van der Waals surface area contributed by atoms with Crippen LogP contribution in [0.15, 0.2) is 36.2 Å². The molecule has 50 valence electrons. The molecule has 0 saturated carbocycles. The number of nitrogens with zero attached hydrogens (tertiary/aromatic N) is 2. The minimum absolute atomic E-state index is 0.921. The molecule has 1 aliphatic heterocycles. The van der Waals surface area contributed by atoms with E-state index in [-0.39, 0.29) is 0 Å². The Morgan fingerprint density at radius 3 is 3.00 bits per heavy atom. The summed E-state index contributed by atoms with van der Waals surface area (Å²) in [5.74, 6) is 0. The zero-order valence-corrected chi connectivity index (χ0v) is 5.78. The van der Waals surface area contributed by atoms with Gasteiger partial charge in [0.1, 0.15) is 0 Å². The summed E-state index contributed by atoms with van der Waals surface area (Å²) < 4.78 is 0. The molecule has 1 heterocycles. The van der Waals surface area contributed by atoms with Crippen LogP contribution in [0, 0.1) is 11.3 Å². The molecule has 0 aromatic heterocycles. The van der Waals surface area contributed by atoms with Crippen LogP contribution in [0.1, 0.15) is 0 Å². The fraction of sp³-hybridized carbons (Fsp3) is 0.125. The molecule has 0 saturated heterocycles. The fourth-order valence-corrected chi connectivity index (χ4v) is 0.753. The van der Waals surface area contributed by atoms with Crippen LogP contribution in [0.5, 0.6) is 0 Å². The first-order valence-corrected chi connectivity index (χ1v) is 3.02. The number of likely N-dealkylation sites (N-methyl/N-ethyl adjacent to an activating group) is 1. The van der Waals surface area contributed by atoms with Gasteiger partial charge in [-0.25, -0.2) is 0 Å². The maximum absolute atomic E-state index is 8.33. The van der Waals surface area contributed by atoms with Crippen molar-refractivity contribution >= 4 is 0 Å². The highest BCUT2D eigenvalue weighted by atomic mass is 15.1. The summed E-state index contributed by atoms with van der Waals surface area (Å²) in [6, 6.07) is 1.98. The average Bonchev–Trinajstić information content (AvgIpc) is 1.94. The van der Waals surface area contributed by atoms with Gasteiger partial charge in [0, 0.05) is 19.3 Å². The van der Waals surface area contributed by atoms with Crippen molar-refractivity contribution in [2.24, 2.45) is 0 Å². The van der Waals surface area contributed by atoms with E-state index in [1.54, 1.807) is 0 Å². The molecule has 1 rings (SSSR count). The lowest BCUT2D eigenvalue weighted by Crippen LogP contribution is -2.09. The molecule has 0 bridgehead atoms. The summed E-state index contributed by atoms with van der Waals surface area (Å²) in [5.41, 5.74) is 0.921. The zero-order chi connectivity index (χ0) is 7.40. The minimum atomic E-state index is 0.921. The molecule has 0 amide bonds. The van der Waals surface area contributed by atoms with Crippen LogP contribution in [0.2, 0.25) is 0 Å². The Labute approximate surface area is 60.4 Å². The molecule has 0 N–H and O–H groups in total. The molecule has 0 aromatic carbocycles. The first-order chi connectivity index (χ1) is 4.84. The second-order valence-corrected chi connectivity index (χ2v) is 2.01. The number of hydrogen-bond acceptors (Lipinski definition) is 2. The monoisotopic (exact) mass is 132 g/mol. The molecule has 0 fully saturated rings. The third-order valence-corrected chi connectivity index (χ3v) is 1.31. The quantitative estimate of drug-likeness (QED) is 0.466. The van der Waals surface area contributed by atoms with E-state index in [4.69, 9.17) is 5.26 Å². The van der Waals surface area contributed by atoms with Gasteiger partial charge in [0.15, 0.2) is 0 Å². The second-order valence-electron chi connectivity index (χ2n) is 2.01. The van der Waals surface area contributed by atoms with Crippen LogP contribution in [0.3, 0.4) is 0 Å². The molecule has 0 spiro atoms. The third-order valence-electron chi connectivity index (χ3n) is 1.31. The smallest absolute Gasteiger partial charge is 0.0933 e. The molecule has 0 unspecified atom stereocenters. The van der Waals surface area contributed by atoms with Crippen LogP contribution in [0.4, 0.5) is 0 Å². The van der Waals surface area contributed by atoms with Gasteiger partial charge in [-0.15, -0.1) is 0 Å². The van der Waals surface area contributed by atoms with Crippen LogP contribution in [0.25, 0.3) is 0 Å². The number of hydrogen-bond donors (Lipinski definition) is 0. The highest BCUT2D eigenvalue weighted by Gasteiger charge is 1.97. The van der Waals surface area contributed by atoms with Crippen molar-refractivity contribution in [2.45, 2.75) is 0 Å². The molecule has 2 nitrogen and oxygen atoms in total. The number of nitriles is 1. The Hall–Kier alpha value is -1.49. The van der Waals surface area contributed by atoms with Crippen molar-refractivity contribution in [2.75, 3.05) is 7.05 Å². The Morgan fingerprint density at radius 1 is 1.60 bits per heavy atom. The Bertz CT molecular complexity index is 240. The minimum Gasteiger partial charge on any atom is -0.350 e. The first-order valence-electron chi connectivity index (χ1n) is 3.02. The van der Waals surface area contributed by atoms with E-state index in [2.05, 4.69) is 0 Å². The molecule has 0 atom stereocenters. The summed E-state index contributed by atoms with van der Waals surface area (Å²) in [5, 5.41) is 8.33. The summed E-state index contributed by atoms with van der Waals surface area (Å²) >= 11 is 0. The van der Waals surface area contributed by atoms with Crippen molar-refractivity contribution in [3.8, 4) is 6.07 Å². The lowest BCUT2D eigenvalue weighted by atomic mass is 10.3. The molecule has 0 aromatic rings. The fourth-order valence-electron chi connectivity index (χ4n) is 0.753. The van der Waals surface area contributed by atoms with Crippen molar-refractivity contribution in [1.82, 2.24) is 4.90 Å². The van der Waals surface area contributed by atoms with E-state index in [1.165, 1.54) is 6.08 Å². The molecule has 2 heteroatoms. The average molecular weight is 132 g/mol. The van der Waals surface area contributed by atoms with E-state index < -0.39 is 0 Å². The van der Waals surface area contributed by atoms with Crippen molar-refractivity contribution < 1.29 is 0 Å². The number of allylic oxidation sites excluding steroid dienone is 4. The van der Waals surface area contributed by atoms with Gasteiger partial charge in [-0.1, -0.05) is 6.08 Å². The van der Waals surface area contributed by atoms with E-state index in [0.717, 1.165) is 5.70 Å². The van der Waals surface area contributed by atoms with Crippen LogP contribution < -0.4 is 0 Å². The predicted octanol–water partition coefficient (Wildman–Crippen LogP) is 1.41. The van der Waals surface area contributed by atoms with Gasteiger partial charge in [0.2, 0.25) is 0 Å². The van der Waals surface area contributed by atoms with E-state index in [1.807, 2.05) is 42.4 Å². The zero-order valence-electron chi connectivity index (χ0n) is 5.78. The predicted molar refractivity (Wildman–Crippen MR) is 39.7 cm³/mol. The maximum atomic E-state index is 8.33. The van der Waals surface area contributed by atoms with Crippen LogP contribution >= 0.6 is 0 Å². The Kier molecular flexibility index (Phi) is 1.91. The van der Waals surface area contributed by atoms with Gasteiger partial charge in [0.05, 0.1) is 11.8 Å². The largest absolute Gasteiger partial charge is 0.350 e. The SMILES string of the molecule is CN1C=CC=C/C1=C\C#N. The summed E-state index contributed by atoms with van der Waals surface area (Å²) in [6.07, 6.45) is 9.14. The standard InChI is InChI=1S/C8H8N2/c1-10-7-3-2-4-8(10)5-6-9/h2-5,7H,1H3/b8-5+. The van der Waals surface area contributed by atoms with Crippen molar-refractivity contribution in [3.63, 3.8) is 0 Å². The first kappa shape index (κ1) is 6.63. The maximum Gasteiger partial charge on any atom is 0.0933 e. The lowest BCUT2D eigenvalue weighted by molar-refractivity contribution is 0.584. The van der Waals surface area contributed by atoms with Gasteiger partial charge in [-0.3, -0.25) is 0 Å². The van der Waals surface area contributed by atoms with Crippen molar-refractivity contribution in [3.05, 3.63) is 36.2 Å². The Balaban J connectivity index is 2.82. The Morgan fingerprint density at radius 2 is 2.40 bits per heavy atom. The van der Waals surface area contributed by atoms with Gasteiger partial charge in [-0.05, 0) is 12.2 Å². The van der Waals surface area contributed by atoms with Crippen LogP contribution in [-0.4, -0.2) is 11.9 Å². The topological polar surface area (TPSA) is 27.0 Å². The highest BCUT2D eigenvalue weighted by molar-refractivity contribution is 5.30. The summed E-state index contributed by atoms with van der Waals surface area (Å²) in [6.45, 7) is 0. The normalized spacial score (nSPS) is 19.6. The molecule has 0 radical (unpaired) electrons. The molecule has 1 aliphatic rings. The molecule has 0 aliphatic carbocycles. The third kappa shape index (κ3) is 1.26. The van der Waals surface area contributed by atoms with E-state index >= 15 is 0 Å². The van der Waals surface area contributed by atoms with Gasteiger partial charge in [-0.2, -0.15) is 5.26 Å². The van der Waals surface area contributed by atoms with E-state index in [0.29, 0.717) is 0 Å². The highest BCUT2D eigenvalue weighted by Crippen LogP contribution is 2.07. The summed E-state index contributed by atoms with van der Waals surface area (Å²) in [7, 11) is 1.91. The van der Waals surface area contributed by atoms with Crippen LogP contribution in [-0.2, 0) is 0 Å². The van der Waals surface area contributed by atoms with Gasteiger partial charge < -0.3 is 4.90 Å². The summed E-state index contributed by atoms with van der Waals surface area (Å²) in [4.78, 5) is 1.89. The second kappa shape index (κ2) is 2.88. The number of rotatable bonds is 0. The molecular formula is C8H8N2. The van der Waals surface area contributed by atoms with Crippen molar-refractivity contribution in [1.29, 1.82) is 5.26 Å².